The van der Waals surface area contributed by atoms with Gasteiger partial charge in [-0.1, -0.05) is 6.08 Å². The van der Waals surface area contributed by atoms with Gasteiger partial charge in [-0.25, -0.2) is 9.37 Å². The number of H-pyrrole nitrogens is 1. The molecule has 7 nitrogen and oxygen atoms in total. The number of aromatic amines is 1. The Morgan fingerprint density at radius 2 is 2.13 bits per heavy atom. The third kappa shape index (κ3) is 4.28. The molecular weight excluding hydrogens is 401 g/mol. The number of carbonyl (C=O) groups is 2. The number of halogens is 1. The predicted molar refractivity (Wildman–Crippen MR) is 114 cm³/mol. The van der Waals surface area contributed by atoms with Gasteiger partial charge in [0.05, 0.1) is 7.11 Å². The molecule has 2 heterocycles. The van der Waals surface area contributed by atoms with Gasteiger partial charge in [-0.3, -0.25) is 9.59 Å². The van der Waals surface area contributed by atoms with Crippen LogP contribution in [0.1, 0.15) is 25.0 Å². The molecule has 8 heteroatoms. The highest BCUT2D eigenvalue weighted by molar-refractivity contribution is 5.97. The molecule has 0 bridgehead atoms. The molecule has 3 aromatic rings. The van der Waals surface area contributed by atoms with E-state index in [0.717, 1.165) is 22.2 Å². The van der Waals surface area contributed by atoms with Crippen molar-refractivity contribution in [3.8, 4) is 16.9 Å². The number of carboxylic acid groups (broad SMARTS) is 1. The fourth-order valence-corrected chi connectivity index (χ4v) is 3.95. The van der Waals surface area contributed by atoms with Crippen molar-refractivity contribution < 1.29 is 23.8 Å². The van der Waals surface area contributed by atoms with Crippen LogP contribution in [0, 0.1) is 11.7 Å². The number of nitrogens with zero attached hydrogens (tertiary/aromatic N) is 1. The summed E-state index contributed by atoms with van der Waals surface area (Å²) in [7, 11) is 1.55. The van der Waals surface area contributed by atoms with E-state index >= 15 is 0 Å². The summed E-state index contributed by atoms with van der Waals surface area (Å²) in [5.74, 6) is -1.31. The van der Waals surface area contributed by atoms with E-state index < -0.39 is 5.97 Å². The third-order valence-electron chi connectivity index (χ3n) is 5.53. The van der Waals surface area contributed by atoms with Crippen LogP contribution in [0.5, 0.6) is 5.75 Å². The number of rotatable bonds is 6. The molecule has 1 aliphatic rings. The van der Waals surface area contributed by atoms with Gasteiger partial charge in [0.1, 0.15) is 23.8 Å². The van der Waals surface area contributed by atoms with Crippen LogP contribution >= 0.6 is 0 Å². The topological polar surface area (TPSA) is 104 Å². The van der Waals surface area contributed by atoms with Crippen LogP contribution < -0.4 is 10.1 Å². The van der Waals surface area contributed by atoms with E-state index in [0.29, 0.717) is 36.2 Å². The molecule has 0 saturated heterocycles. The molecule has 4 rings (SSSR count). The molecule has 0 saturated carbocycles. The van der Waals surface area contributed by atoms with Crippen molar-refractivity contribution in [1.29, 1.82) is 0 Å². The van der Waals surface area contributed by atoms with Gasteiger partial charge in [0.15, 0.2) is 0 Å². The van der Waals surface area contributed by atoms with E-state index in [1.807, 2.05) is 18.2 Å². The third-order valence-corrected chi connectivity index (χ3v) is 5.53. The Kier molecular flexibility index (Phi) is 5.70. The summed E-state index contributed by atoms with van der Waals surface area (Å²) in [6.45, 7) is -0.369. The van der Waals surface area contributed by atoms with Gasteiger partial charge >= 0.3 is 5.97 Å². The van der Waals surface area contributed by atoms with Crippen LogP contribution in [0.2, 0.25) is 0 Å². The summed E-state index contributed by atoms with van der Waals surface area (Å²) in [6.07, 6.45) is 5.51. The minimum atomic E-state index is -1.06. The Morgan fingerprint density at radius 3 is 2.84 bits per heavy atom. The van der Waals surface area contributed by atoms with Gasteiger partial charge in [0, 0.05) is 28.8 Å². The fraction of sp³-hybridized carbons (Fsp3) is 0.261. The van der Waals surface area contributed by atoms with Crippen molar-refractivity contribution in [2.75, 3.05) is 13.7 Å². The summed E-state index contributed by atoms with van der Waals surface area (Å²) in [5, 5.41) is 12.0. The number of aliphatic carboxylic acids is 1. The number of hydrogen-bond acceptors (Lipinski definition) is 4. The number of amides is 1. The Hall–Kier alpha value is -3.68. The first kappa shape index (κ1) is 20.6. The summed E-state index contributed by atoms with van der Waals surface area (Å²) >= 11 is 0. The van der Waals surface area contributed by atoms with Gasteiger partial charge in [-0.05, 0) is 60.7 Å². The molecule has 31 heavy (non-hydrogen) atoms. The smallest absolute Gasteiger partial charge is 0.322 e. The first-order chi connectivity index (χ1) is 15.0. The van der Waals surface area contributed by atoms with Crippen molar-refractivity contribution >= 4 is 28.5 Å². The van der Waals surface area contributed by atoms with E-state index in [-0.39, 0.29) is 24.2 Å². The lowest BCUT2D eigenvalue weighted by Crippen LogP contribution is -2.35. The maximum atomic E-state index is 13.9. The van der Waals surface area contributed by atoms with Crippen LogP contribution in [0.25, 0.3) is 27.7 Å². The first-order valence-electron chi connectivity index (χ1n) is 9.97. The Bertz CT molecular complexity index is 1180. The van der Waals surface area contributed by atoms with Crippen LogP contribution in [-0.4, -0.2) is 40.6 Å². The molecule has 1 amide bonds. The van der Waals surface area contributed by atoms with Crippen molar-refractivity contribution in [1.82, 2.24) is 15.3 Å². The highest BCUT2D eigenvalue weighted by Crippen LogP contribution is 2.37. The molecule has 1 aliphatic carbocycles. The zero-order valence-electron chi connectivity index (χ0n) is 16.9. The lowest BCUT2D eigenvalue weighted by molar-refractivity contribution is -0.138. The SMILES string of the molecule is COc1ccc(F)cc1-c1ccnc2[nH]c(C3=CCC(C(=O)NCC(=O)O)CC3)cc12. The molecule has 1 aromatic carbocycles. The van der Waals surface area contributed by atoms with E-state index in [1.165, 1.54) is 12.1 Å². The molecule has 1 unspecified atom stereocenters. The highest BCUT2D eigenvalue weighted by atomic mass is 19.1. The molecule has 0 fully saturated rings. The highest BCUT2D eigenvalue weighted by Gasteiger charge is 2.23. The molecule has 160 valence electrons. The van der Waals surface area contributed by atoms with Gasteiger partial charge in [-0.15, -0.1) is 0 Å². The van der Waals surface area contributed by atoms with Crippen molar-refractivity contribution in [2.45, 2.75) is 19.3 Å². The summed E-state index contributed by atoms with van der Waals surface area (Å²) in [5.41, 5.74) is 4.10. The number of hydrogen-bond donors (Lipinski definition) is 3. The van der Waals surface area contributed by atoms with Crippen LogP contribution in [-0.2, 0) is 9.59 Å². The van der Waals surface area contributed by atoms with Crippen LogP contribution in [0.3, 0.4) is 0 Å². The quantitative estimate of drug-likeness (QED) is 0.560. The lowest BCUT2D eigenvalue weighted by Gasteiger charge is -2.20. The van der Waals surface area contributed by atoms with Gasteiger partial charge < -0.3 is 20.1 Å². The Balaban J connectivity index is 1.62. The van der Waals surface area contributed by atoms with Gasteiger partial charge in [-0.2, -0.15) is 0 Å². The number of nitrogens with one attached hydrogen (secondary N) is 2. The van der Waals surface area contributed by atoms with Gasteiger partial charge in [0.25, 0.3) is 0 Å². The Morgan fingerprint density at radius 1 is 1.29 bits per heavy atom. The van der Waals surface area contributed by atoms with Crippen LogP contribution in [0.4, 0.5) is 4.39 Å². The van der Waals surface area contributed by atoms with Crippen molar-refractivity contribution in [3.05, 3.63) is 54.1 Å². The van der Waals surface area contributed by atoms with Crippen molar-refractivity contribution in [2.24, 2.45) is 5.92 Å². The zero-order chi connectivity index (χ0) is 22.0. The monoisotopic (exact) mass is 423 g/mol. The van der Waals surface area contributed by atoms with E-state index in [1.54, 1.807) is 19.4 Å². The summed E-state index contributed by atoms with van der Waals surface area (Å²) in [4.78, 5) is 30.5. The molecule has 1 atom stereocenters. The number of fused-ring (bicyclic) bond motifs is 1. The summed E-state index contributed by atoms with van der Waals surface area (Å²) in [6, 6.07) is 8.22. The number of benzene rings is 1. The number of pyridine rings is 1. The first-order valence-corrected chi connectivity index (χ1v) is 9.97. The fourth-order valence-electron chi connectivity index (χ4n) is 3.95. The standard InChI is InChI=1S/C23H22FN3O4/c1-31-20-7-6-15(24)10-17(20)16-8-9-25-22-18(16)11-19(27-22)13-2-4-14(5-3-13)23(30)26-12-21(28)29/h2,6-11,14H,3-5,12H2,1H3,(H,25,27)(H,26,30)(H,28,29). The average Bonchev–Trinajstić information content (AvgIpc) is 3.22. The lowest BCUT2D eigenvalue weighted by atomic mass is 9.87. The number of aromatic nitrogens is 2. The maximum absolute atomic E-state index is 13.9. The molecule has 0 aliphatic heterocycles. The molecule has 0 spiro atoms. The minimum absolute atomic E-state index is 0.238. The molecule has 3 N–H and O–H groups in total. The predicted octanol–water partition coefficient (Wildman–Crippen LogP) is 3.76. The molecule has 2 aromatic heterocycles. The minimum Gasteiger partial charge on any atom is -0.496 e. The molecule has 0 radical (unpaired) electrons. The van der Waals surface area contributed by atoms with Crippen molar-refractivity contribution in [3.63, 3.8) is 0 Å². The largest absolute Gasteiger partial charge is 0.496 e. The Labute approximate surface area is 177 Å². The second-order valence-electron chi connectivity index (χ2n) is 7.46. The summed E-state index contributed by atoms with van der Waals surface area (Å²) < 4.78 is 19.3. The van der Waals surface area contributed by atoms with E-state index in [2.05, 4.69) is 15.3 Å². The second-order valence-corrected chi connectivity index (χ2v) is 7.46. The number of ether oxygens (including phenoxy) is 1. The number of allylic oxidation sites excluding steroid dienone is 2. The van der Waals surface area contributed by atoms with Crippen LogP contribution in [0.15, 0.2) is 42.6 Å². The maximum Gasteiger partial charge on any atom is 0.322 e. The normalized spacial score (nSPS) is 16.1. The van der Waals surface area contributed by atoms with Gasteiger partial charge in [0.2, 0.25) is 5.91 Å². The average molecular weight is 423 g/mol. The molecular formula is C23H22FN3O4. The zero-order valence-corrected chi connectivity index (χ0v) is 16.9. The number of methoxy groups -OCH3 is 1. The number of carbonyl (C=O) groups excluding carboxylic acids is 1. The van der Waals surface area contributed by atoms with E-state index in [9.17, 15) is 14.0 Å². The second kappa shape index (κ2) is 8.59. The number of carboxylic acids is 1. The van der Waals surface area contributed by atoms with E-state index in [4.69, 9.17) is 9.84 Å².